The van der Waals surface area contributed by atoms with Crippen LogP contribution < -0.4 is 10.1 Å². The predicted molar refractivity (Wildman–Crippen MR) is 51.7 cm³/mol. The van der Waals surface area contributed by atoms with Gasteiger partial charge in [0.25, 0.3) is 0 Å². The molecule has 1 aromatic heterocycles. The van der Waals surface area contributed by atoms with Gasteiger partial charge in [-0.2, -0.15) is 5.10 Å². The molecule has 0 aromatic carbocycles. The molecule has 1 aliphatic rings. The van der Waals surface area contributed by atoms with Gasteiger partial charge in [-0.15, -0.1) is 0 Å². The van der Waals surface area contributed by atoms with Crippen molar-refractivity contribution in [3.63, 3.8) is 0 Å². The van der Waals surface area contributed by atoms with E-state index < -0.39 is 6.09 Å². The molecule has 6 nitrogen and oxygen atoms in total. The van der Waals surface area contributed by atoms with Gasteiger partial charge in [0, 0.05) is 7.11 Å². The molecule has 0 bridgehead atoms. The average molecular weight is 211 g/mol. The molecule has 1 aliphatic heterocycles. The van der Waals surface area contributed by atoms with Crippen molar-refractivity contribution in [2.45, 2.75) is 19.5 Å². The van der Waals surface area contributed by atoms with E-state index in [9.17, 15) is 4.79 Å². The number of ether oxygens (including phenoxy) is 2. The first kappa shape index (κ1) is 9.97. The number of nitrogens with one attached hydrogen (secondary N) is 1. The SMILES string of the molecule is COCCn1cc2c(n1)C(C)NC(=O)O2. The van der Waals surface area contributed by atoms with Crippen LogP contribution in [0, 0.1) is 0 Å². The summed E-state index contributed by atoms with van der Waals surface area (Å²) in [5.74, 6) is 0.530. The highest BCUT2D eigenvalue weighted by atomic mass is 16.6. The number of carbonyl (C=O) groups is 1. The fraction of sp³-hybridized carbons (Fsp3) is 0.556. The Kier molecular flexibility index (Phi) is 2.59. The van der Waals surface area contributed by atoms with Gasteiger partial charge in [-0.1, -0.05) is 0 Å². The summed E-state index contributed by atoms with van der Waals surface area (Å²) in [5, 5.41) is 6.94. The lowest BCUT2D eigenvalue weighted by Gasteiger charge is -2.17. The summed E-state index contributed by atoms with van der Waals surface area (Å²) >= 11 is 0. The highest BCUT2D eigenvalue weighted by Gasteiger charge is 2.26. The summed E-state index contributed by atoms with van der Waals surface area (Å²) < 4.78 is 11.6. The minimum absolute atomic E-state index is 0.106. The van der Waals surface area contributed by atoms with Crippen LogP contribution in [0.5, 0.6) is 5.75 Å². The third kappa shape index (κ3) is 1.94. The van der Waals surface area contributed by atoms with E-state index in [-0.39, 0.29) is 6.04 Å². The molecule has 0 fully saturated rings. The predicted octanol–water partition coefficient (Wildman–Crippen LogP) is 0.692. The van der Waals surface area contributed by atoms with Gasteiger partial charge in [0.15, 0.2) is 5.75 Å². The number of aromatic nitrogens is 2. The maximum atomic E-state index is 11.1. The van der Waals surface area contributed by atoms with E-state index in [1.165, 1.54) is 0 Å². The second-order valence-electron chi connectivity index (χ2n) is 3.39. The number of carbonyl (C=O) groups excluding carboxylic acids is 1. The minimum Gasteiger partial charge on any atom is -0.407 e. The molecule has 2 heterocycles. The van der Waals surface area contributed by atoms with Gasteiger partial charge >= 0.3 is 6.09 Å². The van der Waals surface area contributed by atoms with Crippen LogP contribution in [0.1, 0.15) is 18.7 Å². The van der Waals surface area contributed by atoms with Crippen LogP contribution in [0.25, 0.3) is 0 Å². The average Bonchev–Trinajstić information content (AvgIpc) is 2.57. The van der Waals surface area contributed by atoms with Crippen LogP contribution in [-0.2, 0) is 11.3 Å². The molecule has 0 spiro atoms. The first-order valence-corrected chi connectivity index (χ1v) is 4.75. The summed E-state index contributed by atoms with van der Waals surface area (Å²) in [6, 6.07) is -0.106. The maximum Gasteiger partial charge on any atom is 0.413 e. The molecule has 82 valence electrons. The molecule has 1 amide bonds. The first-order valence-electron chi connectivity index (χ1n) is 4.75. The molecule has 1 atom stereocenters. The van der Waals surface area contributed by atoms with Crippen LogP contribution in [0.3, 0.4) is 0 Å². The summed E-state index contributed by atoms with van der Waals surface area (Å²) in [6.07, 6.45) is 1.28. The van der Waals surface area contributed by atoms with Gasteiger partial charge in [0.05, 0.1) is 25.4 Å². The number of nitrogens with zero attached hydrogens (tertiary/aromatic N) is 2. The van der Waals surface area contributed by atoms with Crippen molar-refractivity contribution in [2.75, 3.05) is 13.7 Å². The summed E-state index contributed by atoms with van der Waals surface area (Å²) in [6.45, 7) is 3.09. The second kappa shape index (κ2) is 3.90. The van der Waals surface area contributed by atoms with E-state index in [1.807, 2.05) is 6.92 Å². The molecular weight excluding hydrogens is 198 g/mol. The van der Waals surface area contributed by atoms with E-state index >= 15 is 0 Å². The summed E-state index contributed by atoms with van der Waals surface area (Å²) in [5.41, 5.74) is 0.755. The van der Waals surface area contributed by atoms with Gasteiger partial charge in [0.2, 0.25) is 0 Å². The number of hydrogen-bond donors (Lipinski definition) is 1. The number of amides is 1. The van der Waals surface area contributed by atoms with Gasteiger partial charge in [-0.05, 0) is 6.92 Å². The van der Waals surface area contributed by atoms with Crippen molar-refractivity contribution >= 4 is 6.09 Å². The molecule has 1 aromatic rings. The zero-order valence-electron chi connectivity index (χ0n) is 8.69. The highest BCUT2D eigenvalue weighted by molar-refractivity contribution is 5.73. The zero-order chi connectivity index (χ0) is 10.8. The van der Waals surface area contributed by atoms with Crippen LogP contribution in [0.15, 0.2) is 6.20 Å². The van der Waals surface area contributed by atoms with E-state index in [2.05, 4.69) is 10.4 Å². The monoisotopic (exact) mass is 211 g/mol. The largest absolute Gasteiger partial charge is 0.413 e. The van der Waals surface area contributed by atoms with E-state index in [4.69, 9.17) is 9.47 Å². The fourth-order valence-corrected chi connectivity index (χ4v) is 1.47. The number of fused-ring (bicyclic) bond motifs is 1. The molecular formula is C9H13N3O3. The summed E-state index contributed by atoms with van der Waals surface area (Å²) in [7, 11) is 1.63. The third-order valence-electron chi connectivity index (χ3n) is 2.23. The third-order valence-corrected chi connectivity index (χ3v) is 2.23. The Labute approximate surface area is 87.2 Å². The van der Waals surface area contributed by atoms with Crippen LogP contribution in [0.4, 0.5) is 4.79 Å². The topological polar surface area (TPSA) is 65.4 Å². The Bertz CT molecular complexity index is 375. The Hall–Kier alpha value is -1.56. The lowest BCUT2D eigenvalue weighted by Crippen LogP contribution is -2.34. The number of hydrogen-bond acceptors (Lipinski definition) is 4. The van der Waals surface area contributed by atoms with Crippen LogP contribution >= 0.6 is 0 Å². The lowest BCUT2D eigenvalue weighted by molar-refractivity contribution is 0.183. The van der Waals surface area contributed by atoms with Crippen molar-refractivity contribution in [3.05, 3.63) is 11.9 Å². The first-order chi connectivity index (χ1) is 7.20. The van der Waals surface area contributed by atoms with E-state index in [0.29, 0.717) is 18.9 Å². The van der Waals surface area contributed by atoms with Gasteiger partial charge < -0.3 is 14.8 Å². The van der Waals surface area contributed by atoms with Crippen LogP contribution in [-0.4, -0.2) is 29.6 Å². The molecule has 0 saturated carbocycles. The Morgan fingerprint density at radius 3 is 3.27 bits per heavy atom. The van der Waals surface area contributed by atoms with Crippen molar-refractivity contribution in [1.29, 1.82) is 0 Å². The molecule has 2 rings (SSSR count). The smallest absolute Gasteiger partial charge is 0.407 e. The molecule has 1 unspecified atom stereocenters. The van der Waals surface area contributed by atoms with Crippen LogP contribution in [0.2, 0.25) is 0 Å². The number of methoxy groups -OCH3 is 1. The van der Waals surface area contributed by atoms with Gasteiger partial charge in [0.1, 0.15) is 5.69 Å². The fourth-order valence-electron chi connectivity index (χ4n) is 1.47. The van der Waals surface area contributed by atoms with Crippen molar-refractivity contribution < 1.29 is 14.3 Å². The molecule has 15 heavy (non-hydrogen) atoms. The van der Waals surface area contributed by atoms with Gasteiger partial charge in [-0.3, -0.25) is 4.68 Å². The van der Waals surface area contributed by atoms with E-state index in [0.717, 1.165) is 5.69 Å². The second-order valence-corrected chi connectivity index (χ2v) is 3.39. The van der Waals surface area contributed by atoms with Gasteiger partial charge in [-0.25, -0.2) is 4.79 Å². The molecule has 0 saturated heterocycles. The molecule has 1 N–H and O–H groups in total. The highest BCUT2D eigenvalue weighted by Crippen LogP contribution is 2.27. The molecule has 6 heteroatoms. The Morgan fingerprint density at radius 2 is 2.53 bits per heavy atom. The minimum atomic E-state index is -0.429. The van der Waals surface area contributed by atoms with Crippen molar-refractivity contribution in [3.8, 4) is 5.75 Å². The maximum absolute atomic E-state index is 11.1. The standard InChI is InChI=1S/C9H13N3O3/c1-6-8-7(15-9(13)10-6)5-12(11-8)3-4-14-2/h5-6H,3-4H2,1-2H3,(H,10,13). The summed E-state index contributed by atoms with van der Waals surface area (Å²) in [4.78, 5) is 11.1. The number of rotatable bonds is 3. The normalized spacial score (nSPS) is 19.3. The van der Waals surface area contributed by atoms with Crippen molar-refractivity contribution in [2.24, 2.45) is 0 Å². The lowest BCUT2D eigenvalue weighted by atomic mass is 10.2. The molecule has 0 radical (unpaired) electrons. The van der Waals surface area contributed by atoms with E-state index in [1.54, 1.807) is 18.0 Å². The Balaban J connectivity index is 2.19. The quantitative estimate of drug-likeness (QED) is 0.799. The van der Waals surface area contributed by atoms with Crippen molar-refractivity contribution in [1.82, 2.24) is 15.1 Å². The zero-order valence-corrected chi connectivity index (χ0v) is 8.69. The Morgan fingerprint density at radius 1 is 1.73 bits per heavy atom. The molecule has 0 aliphatic carbocycles.